The first-order chi connectivity index (χ1) is 19.7. The standard InChI is InChI=1S/C32H35FN4O3S/c1-21-29-19-34-37(28-15-13-27(33)14-16-28)30(29)18-25-11-12-26(31(21)25)20-36(17-7-10-24-8-5-4-6-9-24)41(38,39)32-22(2)35-40-23(32)3/h4-6,8-9,13-16,19,21,26H,7,10-12,17-18,20H2,1-3H3/t21-,26-/m1/s1. The van der Waals surface area contributed by atoms with E-state index in [9.17, 15) is 12.8 Å². The average Bonchev–Trinajstić information content (AvgIpc) is 3.66. The Morgan fingerprint density at radius 3 is 2.56 bits per heavy atom. The molecule has 0 aliphatic heterocycles. The quantitative estimate of drug-likeness (QED) is 0.219. The van der Waals surface area contributed by atoms with Gasteiger partial charge in [-0.15, -0.1) is 0 Å². The Kier molecular flexibility index (Phi) is 7.42. The summed E-state index contributed by atoms with van der Waals surface area (Å²) in [4.78, 5) is 0.184. The van der Waals surface area contributed by atoms with Crippen molar-refractivity contribution in [2.75, 3.05) is 13.1 Å². The lowest BCUT2D eigenvalue weighted by molar-refractivity contribution is 0.351. The third-order valence-electron chi connectivity index (χ3n) is 8.63. The zero-order chi connectivity index (χ0) is 28.7. The maximum absolute atomic E-state index is 14.1. The molecule has 0 bridgehead atoms. The van der Waals surface area contributed by atoms with Gasteiger partial charge in [-0.3, -0.25) is 0 Å². The third kappa shape index (κ3) is 5.17. The van der Waals surface area contributed by atoms with E-state index in [-0.39, 0.29) is 22.5 Å². The number of aryl methyl sites for hydroxylation is 3. The molecule has 2 atom stereocenters. The van der Waals surface area contributed by atoms with Gasteiger partial charge in [0, 0.05) is 31.0 Å². The Bertz CT molecular complexity index is 1670. The maximum Gasteiger partial charge on any atom is 0.248 e. The van der Waals surface area contributed by atoms with Crippen molar-refractivity contribution in [3.8, 4) is 5.69 Å². The molecule has 41 heavy (non-hydrogen) atoms. The molecule has 2 heterocycles. The molecule has 2 aromatic carbocycles. The number of halogens is 1. The number of sulfonamides is 1. The molecule has 4 aromatic rings. The van der Waals surface area contributed by atoms with Crippen molar-refractivity contribution >= 4 is 10.0 Å². The predicted molar refractivity (Wildman–Crippen MR) is 155 cm³/mol. The summed E-state index contributed by atoms with van der Waals surface area (Å²) in [5, 5.41) is 8.61. The molecular formula is C32H35FN4O3S. The minimum atomic E-state index is -3.80. The summed E-state index contributed by atoms with van der Waals surface area (Å²) in [5.41, 5.74) is 7.44. The Labute approximate surface area is 240 Å². The Morgan fingerprint density at radius 1 is 1.10 bits per heavy atom. The van der Waals surface area contributed by atoms with Crippen LogP contribution >= 0.6 is 0 Å². The Balaban J connectivity index is 1.27. The number of rotatable bonds is 9. The van der Waals surface area contributed by atoms with E-state index in [1.54, 1.807) is 30.3 Å². The van der Waals surface area contributed by atoms with Crippen molar-refractivity contribution in [3.63, 3.8) is 0 Å². The molecular weight excluding hydrogens is 539 g/mol. The van der Waals surface area contributed by atoms with Crippen LogP contribution in [0.4, 0.5) is 4.39 Å². The summed E-state index contributed by atoms with van der Waals surface area (Å²) in [6.07, 6.45) is 6.05. The first kappa shape index (κ1) is 27.6. The van der Waals surface area contributed by atoms with E-state index >= 15 is 0 Å². The van der Waals surface area contributed by atoms with Crippen LogP contribution in [0.25, 0.3) is 5.69 Å². The van der Waals surface area contributed by atoms with Gasteiger partial charge in [-0.05, 0) is 75.3 Å². The number of benzene rings is 2. The van der Waals surface area contributed by atoms with Gasteiger partial charge >= 0.3 is 0 Å². The van der Waals surface area contributed by atoms with Crippen LogP contribution in [0, 0.1) is 25.6 Å². The summed E-state index contributed by atoms with van der Waals surface area (Å²) in [6.45, 7) is 6.39. The highest BCUT2D eigenvalue weighted by Gasteiger charge is 2.39. The van der Waals surface area contributed by atoms with E-state index in [2.05, 4.69) is 29.3 Å². The van der Waals surface area contributed by atoms with E-state index in [1.807, 2.05) is 29.1 Å². The first-order valence-electron chi connectivity index (χ1n) is 14.3. The second kappa shape index (κ2) is 11.0. The van der Waals surface area contributed by atoms with Crippen LogP contribution in [0.1, 0.15) is 60.4 Å². The first-order valence-corrected chi connectivity index (χ1v) is 15.7. The fraction of sp³-hybridized carbons (Fsp3) is 0.375. The summed E-state index contributed by atoms with van der Waals surface area (Å²) in [6, 6.07) is 16.6. The molecule has 0 saturated carbocycles. The van der Waals surface area contributed by atoms with Crippen molar-refractivity contribution in [1.29, 1.82) is 0 Å². The van der Waals surface area contributed by atoms with Crippen molar-refractivity contribution in [3.05, 3.63) is 106 Å². The fourth-order valence-corrected chi connectivity index (χ4v) is 8.52. The highest BCUT2D eigenvalue weighted by Crippen LogP contribution is 2.47. The summed E-state index contributed by atoms with van der Waals surface area (Å²) < 4.78 is 50.5. The molecule has 214 valence electrons. The van der Waals surface area contributed by atoms with Crippen molar-refractivity contribution in [1.82, 2.24) is 19.2 Å². The van der Waals surface area contributed by atoms with E-state index in [0.717, 1.165) is 49.0 Å². The number of hydrogen-bond acceptors (Lipinski definition) is 5. The molecule has 0 radical (unpaired) electrons. The number of hydrogen-bond donors (Lipinski definition) is 0. The van der Waals surface area contributed by atoms with Crippen LogP contribution in [0.3, 0.4) is 0 Å². The summed E-state index contributed by atoms with van der Waals surface area (Å²) in [5.74, 6) is 0.301. The summed E-state index contributed by atoms with van der Waals surface area (Å²) >= 11 is 0. The number of nitrogens with zero attached hydrogens (tertiary/aromatic N) is 4. The van der Waals surface area contributed by atoms with Crippen LogP contribution in [0.15, 0.2) is 81.4 Å². The molecule has 9 heteroatoms. The average molecular weight is 575 g/mol. The van der Waals surface area contributed by atoms with Crippen LogP contribution in [0.5, 0.6) is 0 Å². The number of allylic oxidation sites excluding steroid dienone is 1. The van der Waals surface area contributed by atoms with Gasteiger partial charge in [-0.25, -0.2) is 17.5 Å². The van der Waals surface area contributed by atoms with Gasteiger partial charge in [0.2, 0.25) is 10.0 Å². The van der Waals surface area contributed by atoms with Gasteiger partial charge in [0.25, 0.3) is 0 Å². The van der Waals surface area contributed by atoms with E-state index in [4.69, 9.17) is 4.52 Å². The van der Waals surface area contributed by atoms with Crippen molar-refractivity contribution in [2.45, 2.75) is 63.7 Å². The fourth-order valence-electron chi connectivity index (χ4n) is 6.71. The highest BCUT2D eigenvalue weighted by atomic mass is 32.2. The zero-order valence-corrected chi connectivity index (χ0v) is 24.5. The second-order valence-electron chi connectivity index (χ2n) is 11.2. The molecule has 2 aliphatic rings. The van der Waals surface area contributed by atoms with E-state index in [1.165, 1.54) is 28.8 Å². The van der Waals surface area contributed by atoms with Crippen LogP contribution in [0.2, 0.25) is 0 Å². The van der Waals surface area contributed by atoms with Gasteiger partial charge in [-0.1, -0.05) is 53.6 Å². The van der Waals surface area contributed by atoms with Gasteiger partial charge in [0.1, 0.15) is 16.4 Å². The van der Waals surface area contributed by atoms with Gasteiger partial charge in [0.15, 0.2) is 5.76 Å². The molecule has 0 N–H and O–H groups in total. The maximum atomic E-state index is 14.1. The monoisotopic (exact) mass is 574 g/mol. The van der Waals surface area contributed by atoms with Gasteiger partial charge < -0.3 is 4.52 Å². The lowest BCUT2D eigenvalue weighted by Crippen LogP contribution is -2.37. The molecule has 2 aromatic heterocycles. The van der Waals surface area contributed by atoms with Crippen molar-refractivity contribution in [2.24, 2.45) is 5.92 Å². The predicted octanol–water partition coefficient (Wildman–Crippen LogP) is 6.31. The zero-order valence-electron chi connectivity index (χ0n) is 23.7. The molecule has 0 fully saturated rings. The normalized spacial score (nSPS) is 18.7. The second-order valence-corrected chi connectivity index (χ2v) is 13.1. The molecule has 2 aliphatic carbocycles. The van der Waals surface area contributed by atoms with E-state index < -0.39 is 10.0 Å². The van der Waals surface area contributed by atoms with Gasteiger partial charge in [-0.2, -0.15) is 9.40 Å². The Hall–Kier alpha value is -3.56. The van der Waals surface area contributed by atoms with Crippen LogP contribution in [-0.4, -0.2) is 40.7 Å². The molecule has 0 saturated heterocycles. The number of fused-ring (bicyclic) bond motifs is 1. The SMILES string of the molecule is Cc1noc(C)c1S(=O)(=O)N(CCCc1ccccc1)C[C@H]1CCC2=C1[C@H](C)c1cnn(-c3ccc(F)cc3)c1C2. The topological polar surface area (TPSA) is 81.2 Å². The largest absolute Gasteiger partial charge is 0.360 e. The molecule has 0 unspecified atom stereocenters. The molecule has 0 amide bonds. The molecule has 0 spiro atoms. The van der Waals surface area contributed by atoms with Crippen molar-refractivity contribution < 1.29 is 17.3 Å². The van der Waals surface area contributed by atoms with Crippen LogP contribution in [-0.2, 0) is 22.9 Å². The minimum absolute atomic E-state index is 0.120. The van der Waals surface area contributed by atoms with E-state index in [0.29, 0.717) is 24.5 Å². The van der Waals surface area contributed by atoms with Crippen LogP contribution < -0.4 is 0 Å². The lowest BCUT2D eigenvalue weighted by atomic mass is 9.80. The molecule has 6 rings (SSSR count). The minimum Gasteiger partial charge on any atom is -0.360 e. The number of aromatic nitrogens is 3. The highest BCUT2D eigenvalue weighted by molar-refractivity contribution is 7.89. The lowest BCUT2D eigenvalue weighted by Gasteiger charge is -2.30. The third-order valence-corrected chi connectivity index (χ3v) is 10.7. The van der Waals surface area contributed by atoms with Gasteiger partial charge in [0.05, 0.1) is 17.6 Å². The summed E-state index contributed by atoms with van der Waals surface area (Å²) in [7, 11) is -3.80. The molecule has 7 nitrogen and oxygen atoms in total. The Morgan fingerprint density at radius 2 is 1.85 bits per heavy atom. The smallest absolute Gasteiger partial charge is 0.248 e.